The van der Waals surface area contributed by atoms with Crippen LogP contribution in [0.2, 0.25) is 0 Å². The largest absolute Gasteiger partial charge is 0.497 e. The van der Waals surface area contributed by atoms with E-state index < -0.39 is 0 Å². The van der Waals surface area contributed by atoms with E-state index in [1.807, 2.05) is 6.07 Å². The van der Waals surface area contributed by atoms with Gasteiger partial charge in [-0.1, -0.05) is 18.2 Å². The van der Waals surface area contributed by atoms with Crippen molar-refractivity contribution in [2.24, 2.45) is 0 Å². The minimum Gasteiger partial charge on any atom is -0.497 e. The molecule has 0 aliphatic carbocycles. The average molecular weight is 225 g/mol. The summed E-state index contributed by atoms with van der Waals surface area (Å²) in [5, 5.41) is 3.75. The van der Waals surface area contributed by atoms with Crippen molar-refractivity contribution in [3.63, 3.8) is 0 Å². The second-order valence-electron chi connectivity index (χ2n) is 4.45. The van der Waals surface area contributed by atoms with Crippen molar-refractivity contribution in [1.29, 1.82) is 0 Å². The third-order valence-corrected chi connectivity index (χ3v) is 3.51. The maximum atomic E-state index is 5.29. The summed E-state index contributed by atoms with van der Waals surface area (Å²) in [6, 6.07) is 10.5. The Morgan fingerprint density at radius 2 is 1.76 bits per heavy atom. The van der Waals surface area contributed by atoms with Gasteiger partial charge in [0.2, 0.25) is 0 Å². The molecule has 2 heteroatoms. The topological polar surface area (TPSA) is 25.0 Å². The molecule has 0 saturated heterocycles. The predicted molar refractivity (Wildman–Crippen MR) is 71.8 cm³/mol. The molecule has 0 aliphatic heterocycles. The van der Waals surface area contributed by atoms with Gasteiger partial charge in [-0.15, -0.1) is 0 Å². The number of hydrogen-bond donors (Lipinski definition) is 1. The predicted octanol–water partition coefficient (Wildman–Crippen LogP) is 3.95. The highest BCUT2D eigenvalue weighted by molar-refractivity contribution is 6.07. The smallest absolute Gasteiger partial charge is 0.119 e. The molecule has 1 N–H and O–H groups in total. The Morgan fingerprint density at radius 1 is 1.00 bits per heavy atom. The van der Waals surface area contributed by atoms with Crippen LogP contribution in [0.3, 0.4) is 0 Å². The molecule has 3 aromatic rings. The van der Waals surface area contributed by atoms with Crippen molar-refractivity contribution in [3.05, 3.63) is 41.6 Å². The van der Waals surface area contributed by atoms with E-state index in [1.165, 1.54) is 32.9 Å². The van der Waals surface area contributed by atoms with E-state index in [1.54, 1.807) is 7.11 Å². The van der Waals surface area contributed by atoms with Crippen molar-refractivity contribution >= 4 is 21.7 Å². The Balaban J connectivity index is 2.48. The number of ether oxygens (including phenoxy) is 1. The van der Waals surface area contributed by atoms with Crippen LogP contribution < -0.4 is 4.74 Å². The molecule has 2 aromatic carbocycles. The fraction of sp³-hybridized carbons (Fsp3) is 0.200. The van der Waals surface area contributed by atoms with Gasteiger partial charge in [-0.2, -0.15) is 0 Å². The first-order valence-electron chi connectivity index (χ1n) is 5.76. The molecular weight excluding hydrogens is 210 g/mol. The summed E-state index contributed by atoms with van der Waals surface area (Å²) >= 11 is 0. The second kappa shape index (κ2) is 3.52. The molecule has 0 fully saturated rings. The van der Waals surface area contributed by atoms with Crippen molar-refractivity contribution in [1.82, 2.24) is 4.98 Å². The molecule has 0 amide bonds. The number of benzene rings is 2. The monoisotopic (exact) mass is 225 g/mol. The Labute approximate surface area is 100 Å². The molecule has 0 saturated carbocycles. The highest BCUT2D eigenvalue weighted by Crippen LogP contribution is 2.30. The van der Waals surface area contributed by atoms with Gasteiger partial charge in [0.1, 0.15) is 5.75 Å². The zero-order valence-electron chi connectivity index (χ0n) is 10.3. The minimum atomic E-state index is 0.898. The van der Waals surface area contributed by atoms with Crippen LogP contribution in [-0.2, 0) is 0 Å². The minimum absolute atomic E-state index is 0.898. The fourth-order valence-electron chi connectivity index (χ4n) is 2.36. The standard InChI is InChI=1S/C15H15NO/c1-9-10(2)16-15-13(9)7-5-11-4-6-12(17-3)8-14(11)15/h4-8,16H,1-3H3. The number of nitrogens with one attached hydrogen (secondary N) is 1. The van der Waals surface area contributed by atoms with Gasteiger partial charge in [0.15, 0.2) is 0 Å². The number of H-pyrrole nitrogens is 1. The van der Waals surface area contributed by atoms with Crippen LogP contribution in [0, 0.1) is 13.8 Å². The number of aromatic amines is 1. The van der Waals surface area contributed by atoms with E-state index in [0.717, 1.165) is 5.75 Å². The van der Waals surface area contributed by atoms with Gasteiger partial charge in [-0.3, -0.25) is 0 Å². The lowest BCUT2D eigenvalue weighted by molar-refractivity contribution is 0.415. The molecule has 0 unspecified atom stereocenters. The van der Waals surface area contributed by atoms with E-state index in [9.17, 15) is 0 Å². The van der Waals surface area contributed by atoms with Crippen LogP contribution in [0.5, 0.6) is 5.75 Å². The number of hydrogen-bond acceptors (Lipinski definition) is 1. The molecule has 1 heterocycles. The lowest BCUT2D eigenvalue weighted by Gasteiger charge is -2.03. The summed E-state index contributed by atoms with van der Waals surface area (Å²) in [5.41, 5.74) is 3.76. The third kappa shape index (κ3) is 1.41. The number of methoxy groups -OCH3 is 1. The summed E-state index contributed by atoms with van der Waals surface area (Å²) in [5.74, 6) is 0.898. The molecule has 0 radical (unpaired) electrons. The summed E-state index contributed by atoms with van der Waals surface area (Å²) < 4.78 is 5.29. The quantitative estimate of drug-likeness (QED) is 0.666. The Hall–Kier alpha value is -1.96. The summed E-state index contributed by atoms with van der Waals surface area (Å²) in [6.07, 6.45) is 0. The van der Waals surface area contributed by atoms with Crippen molar-refractivity contribution in [3.8, 4) is 5.75 Å². The Kier molecular flexibility index (Phi) is 2.11. The highest BCUT2D eigenvalue weighted by Gasteiger charge is 2.08. The van der Waals surface area contributed by atoms with E-state index in [0.29, 0.717) is 0 Å². The SMILES string of the molecule is COc1ccc2ccc3c(C)c(C)[nH]c3c2c1. The zero-order chi connectivity index (χ0) is 12.0. The average Bonchev–Trinajstić information content (AvgIpc) is 2.65. The summed E-state index contributed by atoms with van der Waals surface area (Å²) in [4.78, 5) is 3.47. The normalized spacial score (nSPS) is 11.2. The van der Waals surface area contributed by atoms with Crippen LogP contribution in [0.15, 0.2) is 30.3 Å². The third-order valence-electron chi connectivity index (χ3n) is 3.51. The summed E-state index contributed by atoms with van der Waals surface area (Å²) in [6.45, 7) is 4.27. The Bertz CT molecular complexity index is 710. The van der Waals surface area contributed by atoms with Crippen molar-refractivity contribution in [2.75, 3.05) is 7.11 Å². The van der Waals surface area contributed by atoms with Crippen molar-refractivity contribution in [2.45, 2.75) is 13.8 Å². The first kappa shape index (κ1) is 10.2. The van der Waals surface area contributed by atoms with Crippen molar-refractivity contribution < 1.29 is 4.74 Å². The van der Waals surface area contributed by atoms with Crippen LogP contribution in [0.25, 0.3) is 21.7 Å². The number of aromatic nitrogens is 1. The lowest BCUT2D eigenvalue weighted by atomic mass is 10.1. The summed E-state index contributed by atoms with van der Waals surface area (Å²) in [7, 11) is 1.70. The van der Waals surface area contributed by atoms with Crippen LogP contribution in [-0.4, -0.2) is 12.1 Å². The highest BCUT2D eigenvalue weighted by atomic mass is 16.5. The van der Waals surface area contributed by atoms with Crippen LogP contribution in [0.1, 0.15) is 11.3 Å². The van der Waals surface area contributed by atoms with Gasteiger partial charge in [0, 0.05) is 16.5 Å². The molecule has 0 atom stereocenters. The second-order valence-corrected chi connectivity index (χ2v) is 4.45. The van der Waals surface area contributed by atoms with E-state index in [-0.39, 0.29) is 0 Å². The van der Waals surface area contributed by atoms with Gasteiger partial charge in [-0.05, 0) is 36.9 Å². The van der Waals surface area contributed by atoms with Gasteiger partial charge in [-0.25, -0.2) is 0 Å². The molecule has 86 valence electrons. The molecule has 17 heavy (non-hydrogen) atoms. The van der Waals surface area contributed by atoms with Crippen LogP contribution in [0.4, 0.5) is 0 Å². The number of fused-ring (bicyclic) bond motifs is 3. The first-order chi connectivity index (χ1) is 8.20. The lowest BCUT2D eigenvalue weighted by Crippen LogP contribution is -1.83. The molecule has 1 aromatic heterocycles. The Morgan fingerprint density at radius 3 is 2.53 bits per heavy atom. The molecule has 0 spiro atoms. The molecule has 3 rings (SSSR count). The zero-order valence-corrected chi connectivity index (χ0v) is 10.3. The molecule has 0 bridgehead atoms. The molecule has 0 aliphatic rings. The van der Waals surface area contributed by atoms with E-state index in [2.05, 4.69) is 43.1 Å². The van der Waals surface area contributed by atoms with Gasteiger partial charge in [0.05, 0.1) is 12.6 Å². The van der Waals surface area contributed by atoms with Crippen LogP contribution >= 0.6 is 0 Å². The fourth-order valence-corrected chi connectivity index (χ4v) is 2.36. The maximum absolute atomic E-state index is 5.29. The van der Waals surface area contributed by atoms with E-state index >= 15 is 0 Å². The van der Waals surface area contributed by atoms with Gasteiger partial charge in [0.25, 0.3) is 0 Å². The van der Waals surface area contributed by atoms with E-state index in [4.69, 9.17) is 4.74 Å². The van der Waals surface area contributed by atoms with Gasteiger partial charge < -0.3 is 9.72 Å². The first-order valence-corrected chi connectivity index (χ1v) is 5.76. The number of rotatable bonds is 1. The molecular formula is C15H15NO. The maximum Gasteiger partial charge on any atom is 0.119 e. The van der Waals surface area contributed by atoms with Gasteiger partial charge >= 0.3 is 0 Å². The molecule has 2 nitrogen and oxygen atoms in total. The number of aryl methyl sites for hydroxylation is 2.